The third kappa shape index (κ3) is 1.90. The summed E-state index contributed by atoms with van der Waals surface area (Å²) in [5, 5.41) is 11.4. The number of aryl methyl sites for hydroxylation is 1. The smallest absolute Gasteiger partial charge is 0.238 e. The van der Waals surface area contributed by atoms with E-state index in [2.05, 4.69) is 4.90 Å². The molecule has 0 spiro atoms. The fourth-order valence-corrected chi connectivity index (χ4v) is 3.02. The number of benzene rings is 1. The number of rotatable bonds is 2. The predicted octanol–water partition coefficient (Wildman–Crippen LogP) is 2.45. The molecule has 1 aliphatic heterocycles. The molecule has 18 heavy (non-hydrogen) atoms. The van der Waals surface area contributed by atoms with Crippen molar-refractivity contribution in [2.75, 3.05) is 13.6 Å². The second-order valence-corrected chi connectivity index (χ2v) is 5.73. The molecule has 1 heterocycles. The fraction of sp³-hybridized carbons (Fsp3) is 0.571. The first-order valence-electron chi connectivity index (χ1n) is 6.26. The van der Waals surface area contributed by atoms with Gasteiger partial charge in [0.1, 0.15) is 0 Å². The second-order valence-electron chi connectivity index (χ2n) is 5.73. The molecule has 2 rings (SSSR count). The number of nitrogens with zero attached hydrogens (tertiary/aromatic N) is 2. The van der Waals surface area contributed by atoms with Crippen LogP contribution >= 0.6 is 0 Å². The van der Waals surface area contributed by atoms with Crippen LogP contribution in [0.15, 0.2) is 24.3 Å². The number of nitro groups is 1. The van der Waals surface area contributed by atoms with E-state index in [1.165, 1.54) is 0 Å². The molecular weight excluding hydrogens is 228 g/mol. The molecule has 4 nitrogen and oxygen atoms in total. The Balaban J connectivity index is 2.45. The van der Waals surface area contributed by atoms with Crippen molar-refractivity contribution in [2.45, 2.75) is 38.3 Å². The molecular formula is C14H20N2O2. The lowest BCUT2D eigenvalue weighted by atomic mass is 9.84. The van der Waals surface area contributed by atoms with E-state index in [-0.39, 0.29) is 10.8 Å². The molecule has 1 fully saturated rings. The molecule has 0 radical (unpaired) electrons. The summed E-state index contributed by atoms with van der Waals surface area (Å²) in [7, 11) is 1.97. The summed E-state index contributed by atoms with van der Waals surface area (Å²) in [6, 6.07) is 7.43. The first kappa shape index (κ1) is 13.0. The molecule has 1 saturated heterocycles. The number of likely N-dealkylation sites (tertiary alicyclic amines) is 1. The molecule has 1 aromatic rings. The van der Waals surface area contributed by atoms with Crippen molar-refractivity contribution in [3.05, 3.63) is 45.5 Å². The summed E-state index contributed by atoms with van der Waals surface area (Å²) in [6.07, 6.45) is 0. The van der Waals surface area contributed by atoms with Gasteiger partial charge in [-0.05, 0) is 38.9 Å². The van der Waals surface area contributed by atoms with E-state index in [1.54, 1.807) is 0 Å². The molecule has 0 amide bonds. The third-order valence-corrected chi connectivity index (χ3v) is 4.37. The average Bonchev–Trinajstić information content (AvgIpc) is 2.50. The van der Waals surface area contributed by atoms with Gasteiger partial charge in [-0.1, -0.05) is 24.3 Å². The quantitative estimate of drug-likeness (QED) is 0.596. The van der Waals surface area contributed by atoms with Crippen molar-refractivity contribution < 1.29 is 4.92 Å². The highest BCUT2D eigenvalue weighted by atomic mass is 16.6. The summed E-state index contributed by atoms with van der Waals surface area (Å²) in [4.78, 5) is 13.4. The Kier molecular flexibility index (Phi) is 3.15. The number of likely N-dealkylation sites (N-methyl/N-ethyl adjacent to an activating group) is 1. The zero-order valence-electron chi connectivity index (χ0n) is 11.4. The second kappa shape index (κ2) is 4.35. The van der Waals surface area contributed by atoms with Crippen molar-refractivity contribution in [3.8, 4) is 0 Å². The molecule has 0 N–H and O–H groups in total. The Morgan fingerprint density at radius 3 is 2.56 bits per heavy atom. The van der Waals surface area contributed by atoms with Gasteiger partial charge in [-0.15, -0.1) is 0 Å². The molecule has 0 bridgehead atoms. The first-order chi connectivity index (χ1) is 8.35. The number of hydrogen-bond donors (Lipinski definition) is 0. The van der Waals surface area contributed by atoms with Crippen LogP contribution in [-0.2, 0) is 0 Å². The minimum atomic E-state index is -0.552. The topological polar surface area (TPSA) is 46.4 Å². The zero-order chi connectivity index (χ0) is 13.5. The SMILES string of the molecule is Cc1ccccc1[C@H]1CN(C)C(C)(C)C1[N+](=O)[O-]. The van der Waals surface area contributed by atoms with Gasteiger partial charge in [-0.3, -0.25) is 15.0 Å². The highest BCUT2D eigenvalue weighted by Crippen LogP contribution is 2.40. The highest BCUT2D eigenvalue weighted by molar-refractivity contribution is 5.32. The van der Waals surface area contributed by atoms with Crippen LogP contribution in [0.4, 0.5) is 0 Å². The molecule has 4 heteroatoms. The van der Waals surface area contributed by atoms with Gasteiger partial charge < -0.3 is 0 Å². The average molecular weight is 248 g/mol. The third-order valence-electron chi connectivity index (χ3n) is 4.37. The van der Waals surface area contributed by atoms with Crippen molar-refractivity contribution in [2.24, 2.45) is 0 Å². The minimum absolute atomic E-state index is 0.0267. The van der Waals surface area contributed by atoms with E-state index in [1.807, 2.05) is 52.1 Å². The van der Waals surface area contributed by atoms with Gasteiger partial charge in [-0.25, -0.2) is 0 Å². The van der Waals surface area contributed by atoms with Crippen LogP contribution in [-0.4, -0.2) is 35.0 Å². The maximum Gasteiger partial charge on any atom is 0.238 e. The summed E-state index contributed by atoms with van der Waals surface area (Å²) < 4.78 is 0. The highest BCUT2D eigenvalue weighted by Gasteiger charge is 2.54. The Bertz CT molecular complexity index is 471. The molecule has 1 aromatic carbocycles. The van der Waals surface area contributed by atoms with Gasteiger partial charge >= 0.3 is 0 Å². The van der Waals surface area contributed by atoms with Crippen LogP contribution in [0.2, 0.25) is 0 Å². The Morgan fingerprint density at radius 1 is 1.39 bits per heavy atom. The molecule has 2 atom stereocenters. The van der Waals surface area contributed by atoms with Crippen molar-refractivity contribution >= 4 is 0 Å². The maximum absolute atomic E-state index is 11.4. The lowest BCUT2D eigenvalue weighted by Crippen LogP contribution is -2.47. The van der Waals surface area contributed by atoms with Crippen molar-refractivity contribution in [1.29, 1.82) is 0 Å². The van der Waals surface area contributed by atoms with E-state index in [4.69, 9.17) is 0 Å². The van der Waals surface area contributed by atoms with E-state index < -0.39 is 11.6 Å². The Labute approximate surface area is 108 Å². The summed E-state index contributed by atoms with van der Waals surface area (Å²) in [5.74, 6) is -0.0267. The van der Waals surface area contributed by atoms with Crippen molar-refractivity contribution in [3.63, 3.8) is 0 Å². The minimum Gasteiger partial charge on any atom is -0.294 e. The van der Waals surface area contributed by atoms with Gasteiger partial charge in [0.2, 0.25) is 6.04 Å². The molecule has 1 unspecified atom stereocenters. The Morgan fingerprint density at radius 2 is 2.00 bits per heavy atom. The van der Waals surface area contributed by atoms with Crippen LogP contribution in [0, 0.1) is 17.0 Å². The summed E-state index contributed by atoms with van der Waals surface area (Å²) in [6.45, 7) is 6.68. The summed E-state index contributed by atoms with van der Waals surface area (Å²) in [5.41, 5.74) is 1.84. The summed E-state index contributed by atoms with van der Waals surface area (Å²) >= 11 is 0. The Hall–Kier alpha value is -1.42. The lowest BCUT2D eigenvalue weighted by molar-refractivity contribution is -0.534. The predicted molar refractivity (Wildman–Crippen MR) is 71.4 cm³/mol. The largest absolute Gasteiger partial charge is 0.294 e. The van der Waals surface area contributed by atoms with E-state index >= 15 is 0 Å². The van der Waals surface area contributed by atoms with Crippen LogP contribution < -0.4 is 0 Å². The first-order valence-corrected chi connectivity index (χ1v) is 6.26. The van der Waals surface area contributed by atoms with Crippen LogP contribution in [0.1, 0.15) is 30.9 Å². The van der Waals surface area contributed by atoms with Gasteiger partial charge in [0, 0.05) is 11.5 Å². The molecule has 1 aliphatic rings. The maximum atomic E-state index is 11.4. The van der Waals surface area contributed by atoms with E-state index in [0.717, 1.165) is 17.7 Å². The van der Waals surface area contributed by atoms with Gasteiger partial charge in [-0.2, -0.15) is 0 Å². The molecule has 0 aromatic heterocycles. The van der Waals surface area contributed by atoms with Crippen LogP contribution in [0.25, 0.3) is 0 Å². The molecule has 98 valence electrons. The van der Waals surface area contributed by atoms with Gasteiger partial charge in [0.15, 0.2) is 0 Å². The molecule has 0 saturated carbocycles. The van der Waals surface area contributed by atoms with Gasteiger partial charge in [0.25, 0.3) is 0 Å². The monoisotopic (exact) mass is 248 g/mol. The van der Waals surface area contributed by atoms with Crippen LogP contribution in [0.3, 0.4) is 0 Å². The van der Waals surface area contributed by atoms with Crippen LogP contribution in [0.5, 0.6) is 0 Å². The van der Waals surface area contributed by atoms with E-state index in [0.29, 0.717) is 0 Å². The van der Waals surface area contributed by atoms with Gasteiger partial charge in [0.05, 0.1) is 11.5 Å². The normalized spacial score (nSPS) is 27.3. The number of hydrogen-bond acceptors (Lipinski definition) is 3. The van der Waals surface area contributed by atoms with Crippen molar-refractivity contribution in [1.82, 2.24) is 4.90 Å². The van der Waals surface area contributed by atoms with E-state index in [9.17, 15) is 10.1 Å². The standard InChI is InChI=1S/C14H20N2O2/c1-10-7-5-6-8-11(10)12-9-15(4)14(2,3)13(12)16(17)18/h5-8,12-13H,9H2,1-4H3/t12-,13?/m1/s1. The fourth-order valence-electron chi connectivity index (χ4n) is 3.02. The molecule has 0 aliphatic carbocycles. The lowest BCUT2D eigenvalue weighted by Gasteiger charge is -2.28. The zero-order valence-corrected chi connectivity index (χ0v) is 11.4.